The van der Waals surface area contributed by atoms with Crippen LogP contribution < -0.4 is 9.04 Å². The predicted octanol–water partition coefficient (Wildman–Crippen LogP) is 5.43. The number of benzene rings is 3. The molecule has 0 N–H and O–H groups in total. The van der Waals surface area contributed by atoms with E-state index in [4.69, 9.17) is 9.47 Å². The molecule has 3 aromatic rings. The molecule has 168 valence electrons. The Bertz CT molecular complexity index is 1150. The van der Waals surface area contributed by atoms with Crippen LogP contribution in [-0.4, -0.2) is 27.7 Å². The van der Waals surface area contributed by atoms with Gasteiger partial charge in [-0.1, -0.05) is 63.2 Å². The summed E-state index contributed by atoms with van der Waals surface area (Å²) >= 11 is 0. The smallest absolute Gasteiger partial charge is 0.243 e. The Labute approximate surface area is 190 Å². The van der Waals surface area contributed by atoms with E-state index in [1.54, 1.807) is 36.4 Å². The van der Waals surface area contributed by atoms with Crippen molar-refractivity contribution in [3.05, 3.63) is 90.0 Å². The van der Waals surface area contributed by atoms with E-state index >= 15 is 0 Å². The van der Waals surface area contributed by atoms with Crippen molar-refractivity contribution in [3.63, 3.8) is 0 Å². The van der Waals surface area contributed by atoms with Gasteiger partial charge in [-0.2, -0.15) is 0 Å². The Balaban J connectivity index is 1.64. The second-order valence-electron chi connectivity index (χ2n) is 9.07. The standard InChI is InChI=1S/C26H29NO4S/c1-26(2,3)21-9-7-8-20(16-21)19-32(28,29)27(22-10-5-4-6-11-22)23-12-14-24(15-13-23)30-17-25-18-31-25/h4-16,25H,17-19H2,1-3H3. The summed E-state index contributed by atoms with van der Waals surface area (Å²) in [6.45, 7) is 7.60. The molecule has 1 aliphatic heterocycles. The van der Waals surface area contributed by atoms with Gasteiger partial charge in [0.25, 0.3) is 0 Å². The molecule has 6 heteroatoms. The van der Waals surface area contributed by atoms with Gasteiger partial charge in [0, 0.05) is 0 Å². The number of rotatable bonds is 8. The van der Waals surface area contributed by atoms with E-state index in [1.165, 1.54) is 4.31 Å². The molecule has 0 aromatic heterocycles. The molecule has 1 unspecified atom stereocenters. The zero-order valence-corrected chi connectivity index (χ0v) is 19.5. The van der Waals surface area contributed by atoms with Gasteiger partial charge >= 0.3 is 0 Å². The highest BCUT2D eigenvalue weighted by molar-refractivity contribution is 7.92. The van der Waals surface area contributed by atoms with Crippen molar-refractivity contribution in [2.45, 2.75) is 38.0 Å². The highest BCUT2D eigenvalue weighted by Gasteiger charge is 2.26. The summed E-state index contributed by atoms with van der Waals surface area (Å²) in [7, 11) is -3.70. The molecular formula is C26H29NO4S. The first-order valence-corrected chi connectivity index (χ1v) is 12.4. The average Bonchev–Trinajstić information content (AvgIpc) is 3.58. The van der Waals surface area contributed by atoms with Crippen LogP contribution in [-0.2, 0) is 25.9 Å². The molecule has 3 aromatic carbocycles. The number of ether oxygens (including phenoxy) is 2. The van der Waals surface area contributed by atoms with E-state index in [2.05, 4.69) is 20.8 Å². The van der Waals surface area contributed by atoms with Gasteiger partial charge in [0.05, 0.1) is 23.7 Å². The van der Waals surface area contributed by atoms with Gasteiger partial charge in [-0.3, -0.25) is 0 Å². The number of hydrogen-bond acceptors (Lipinski definition) is 4. The first kappa shape index (κ1) is 22.4. The van der Waals surface area contributed by atoms with Gasteiger partial charge in [0.2, 0.25) is 10.0 Å². The van der Waals surface area contributed by atoms with Crippen molar-refractivity contribution in [2.75, 3.05) is 17.5 Å². The zero-order chi connectivity index (χ0) is 22.8. The molecule has 32 heavy (non-hydrogen) atoms. The molecule has 0 saturated carbocycles. The molecule has 0 radical (unpaired) electrons. The van der Waals surface area contributed by atoms with Crippen molar-refractivity contribution >= 4 is 21.4 Å². The van der Waals surface area contributed by atoms with Gasteiger partial charge in [0.15, 0.2) is 0 Å². The van der Waals surface area contributed by atoms with Gasteiger partial charge in [-0.15, -0.1) is 0 Å². The van der Waals surface area contributed by atoms with Crippen LogP contribution >= 0.6 is 0 Å². The second kappa shape index (κ2) is 8.96. The maximum atomic E-state index is 13.6. The molecular weight excluding hydrogens is 422 g/mol. The number of anilines is 2. The molecule has 1 heterocycles. The maximum Gasteiger partial charge on any atom is 0.243 e. The summed E-state index contributed by atoms with van der Waals surface area (Å²) in [5.41, 5.74) is 2.98. The largest absolute Gasteiger partial charge is 0.491 e. The van der Waals surface area contributed by atoms with E-state index in [-0.39, 0.29) is 17.3 Å². The van der Waals surface area contributed by atoms with Crippen molar-refractivity contribution in [2.24, 2.45) is 0 Å². The fourth-order valence-electron chi connectivity index (χ4n) is 3.47. The zero-order valence-electron chi connectivity index (χ0n) is 18.7. The monoisotopic (exact) mass is 451 g/mol. The van der Waals surface area contributed by atoms with E-state index in [9.17, 15) is 8.42 Å². The number of sulfonamides is 1. The normalized spacial score (nSPS) is 15.9. The summed E-state index contributed by atoms with van der Waals surface area (Å²) in [5.74, 6) is 0.593. The van der Waals surface area contributed by atoms with E-state index in [0.717, 1.165) is 17.7 Å². The first-order valence-electron chi connectivity index (χ1n) is 10.7. The molecule has 1 fully saturated rings. The van der Waals surface area contributed by atoms with Gasteiger partial charge in [0.1, 0.15) is 18.5 Å². The molecule has 0 spiro atoms. The van der Waals surface area contributed by atoms with Crippen molar-refractivity contribution in [1.82, 2.24) is 0 Å². The lowest BCUT2D eigenvalue weighted by Gasteiger charge is -2.25. The van der Waals surface area contributed by atoms with Crippen molar-refractivity contribution in [1.29, 1.82) is 0 Å². The average molecular weight is 452 g/mol. The number of hydrogen-bond donors (Lipinski definition) is 0. The van der Waals surface area contributed by atoms with Crippen LogP contribution in [0, 0.1) is 0 Å². The highest BCUT2D eigenvalue weighted by Crippen LogP contribution is 2.32. The molecule has 1 atom stereocenters. The van der Waals surface area contributed by atoms with Crippen LogP contribution in [0.1, 0.15) is 31.9 Å². The lowest BCUT2D eigenvalue weighted by molar-refractivity contribution is 0.263. The van der Waals surface area contributed by atoms with Crippen LogP contribution in [0.3, 0.4) is 0 Å². The third-order valence-corrected chi connectivity index (χ3v) is 7.00. The maximum absolute atomic E-state index is 13.6. The molecule has 0 amide bonds. The Morgan fingerprint density at radius 3 is 2.22 bits per heavy atom. The van der Waals surface area contributed by atoms with Crippen molar-refractivity contribution < 1.29 is 17.9 Å². The summed E-state index contributed by atoms with van der Waals surface area (Å²) in [6.07, 6.45) is 0.166. The minimum absolute atomic E-state index is 0.0553. The Kier molecular flexibility index (Phi) is 6.26. The van der Waals surface area contributed by atoms with E-state index in [0.29, 0.717) is 23.7 Å². The Hall–Kier alpha value is -2.83. The second-order valence-corrected chi connectivity index (χ2v) is 10.9. The van der Waals surface area contributed by atoms with Gasteiger partial charge in [-0.25, -0.2) is 12.7 Å². The Morgan fingerprint density at radius 2 is 1.59 bits per heavy atom. The van der Waals surface area contributed by atoms with E-state index in [1.807, 2.05) is 42.5 Å². The minimum Gasteiger partial charge on any atom is -0.491 e. The van der Waals surface area contributed by atoms with Crippen LogP contribution in [0.5, 0.6) is 5.75 Å². The molecule has 5 nitrogen and oxygen atoms in total. The third-order valence-electron chi connectivity index (χ3n) is 5.32. The molecule has 0 bridgehead atoms. The fourth-order valence-corrected chi connectivity index (χ4v) is 5.08. The quantitative estimate of drug-likeness (QED) is 0.429. The highest BCUT2D eigenvalue weighted by atomic mass is 32.2. The summed E-state index contributed by atoms with van der Waals surface area (Å²) < 4.78 is 39.6. The lowest BCUT2D eigenvalue weighted by Crippen LogP contribution is -2.27. The summed E-state index contributed by atoms with van der Waals surface area (Å²) in [6, 6.07) is 24.1. The molecule has 1 saturated heterocycles. The third kappa shape index (κ3) is 5.50. The van der Waals surface area contributed by atoms with Crippen LogP contribution in [0.2, 0.25) is 0 Å². The predicted molar refractivity (Wildman–Crippen MR) is 128 cm³/mol. The van der Waals surface area contributed by atoms with Crippen LogP contribution in [0.25, 0.3) is 0 Å². The Morgan fingerprint density at radius 1 is 0.938 bits per heavy atom. The number of epoxide rings is 1. The van der Waals surface area contributed by atoms with Gasteiger partial charge < -0.3 is 9.47 Å². The SMILES string of the molecule is CC(C)(C)c1cccc(CS(=O)(=O)N(c2ccccc2)c2ccc(OCC3CO3)cc2)c1. The lowest BCUT2D eigenvalue weighted by atomic mass is 9.86. The molecule has 0 aliphatic carbocycles. The van der Waals surface area contributed by atoms with E-state index < -0.39 is 10.0 Å². The first-order chi connectivity index (χ1) is 15.2. The summed E-state index contributed by atoms with van der Waals surface area (Å²) in [5, 5.41) is 0. The fraction of sp³-hybridized carbons (Fsp3) is 0.308. The van der Waals surface area contributed by atoms with Crippen LogP contribution in [0.4, 0.5) is 11.4 Å². The summed E-state index contributed by atoms with van der Waals surface area (Å²) in [4.78, 5) is 0. The van der Waals surface area contributed by atoms with Gasteiger partial charge in [-0.05, 0) is 52.9 Å². The molecule has 4 rings (SSSR count). The topological polar surface area (TPSA) is 59.1 Å². The van der Waals surface area contributed by atoms with Crippen LogP contribution in [0.15, 0.2) is 78.9 Å². The van der Waals surface area contributed by atoms with Crippen molar-refractivity contribution in [3.8, 4) is 5.75 Å². The number of nitrogens with zero attached hydrogens (tertiary/aromatic N) is 1. The minimum atomic E-state index is -3.70. The number of para-hydroxylation sites is 1. The molecule has 1 aliphatic rings.